The van der Waals surface area contributed by atoms with E-state index in [1.165, 1.54) is 116 Å². The van der Waals surface area contributed by atoms with E-state index in [0.717, 1.165) is 38.5 Å². The number of phosphoric ester groups is 1. The fraction of sp³-hybridized carbons (Fsp3) is 0.905. The Hall–Kier alpha value is -1.01. The summed E-state index contributed by atoms with van der Waals surface area (Å²) in [7, 11) is -4.59. The summed E-state index contributed by atoms with van der Waals surface area (Å²) in [5.74, 6) is -2.33. The SMILES string of the molecule is CCCCCCCCCCCCCCCC(=O)OC[C@H](COP(=O)(O)OCCNC(=O)CCCC(=O)O)OC(=O)CCCCCCCCCCCCCCC.[Na]. The van der Waals surface area contributed by atoms with Crippen LogP contribution in [0.2, 0.25) is 0 Å². The number of rotatable bonds is 42. The molecule has 0 aliphatic rings. The largest absolute Gasteiger partial charge is 0.481 e. The fourth-order valence-electron chi connectivity index (χ4n) is 6.25. The first-order valence-electron chi connectivity index (χ1n) is 22.0. The van der Waals surface area contributed by atoms with Crippen LogP contribution >= 0.6 is 7.82 Å². The number of ether oxygens (including phenoxy) is 2. The van der Waals surface area contributed by atoms with Crippen LogP contribution in [-0.2, 0) is 42.3 Å². The summed E-state index contributed by atoms with van der Waals surface area (Å²) in [5, 5.41) is 11.2. The Bertz CT molecular complexity index is 1000. The maximum Gasteiger partial charge on any atom is 0.472 e. The third-order valence-electron chi connectivity index (χ3n) is 9.59. The van der Waals surface area contributed by atoms with Crippen molar-refractivity contribution in [3.63, 3.8) is 0 Å². The maximum atomic E-state index is 12.7. The van der Waals surface area contributed by atoms with Crippen molar-refractivity contribution in [2.45, 2.75) is 219 Å². The van der Waals surface area contributed by atoms with Crippen molar-refractivity contribution in [2.24, 2.45) is 0 Å². The molecule has 12 nitrogen and oxygen atoms in total. The molecule has 0 spiro atoms. The number of unbranched alkanes of at least 4 members (excludes halogenated alkanes) is 24. The van der Waals surface area contributed by atoms with E-state index in [2.05, 4.69) is 19.2 Å². The molecule has 0 aromatic heterocycles. The molecule has 0 heterocycles. The molecule has 0 fully saturated rings. The van der Waals surface area contributed by atoms with Crippen LogP contribution in [0.1, 0.15) is 213 Å². The first kappa shape index (κ1) is 57.1. The van der Waals surface area contributed by atoms with Gasteiger partial charge in [0.25, 0.3) is 0 Å². The molecule has 1 radical (unpaired) electrons. The van der Waals surface area contributed by atoms with E-state index in [1.54, 1.807) is 0 Å². The van der Waals surface area contributed by atoms with Crippen molar-refractivity contribution in [2.75, 3.05) is 26.4 Å². The van der Waals surface area contributed by atoms with Gasteiger partial charge in [-0.25, -0.2) is 4.57 Å². The number of esters is 2. The van der Waals surface area contributed by atoms with Gasteiger partial charge in [0.05, 0.1) is 13.2 Å². The number of aliphatic carboxylic acids is 1. The summed E-state index contributed by atoms with van der Waals surface area (Å²) >= 11 is 0. The van der Waals surface area contributed by atoms with E-state index < -0.39 is 44.3 Å². The van der Waals surface area contributed by atoms with Crippen LogP contribution in [0.4, 0.5) is 0 Å². The Morgan fingerprint density at radius 2 is 0.946 bits per heavy atom. The smallest absolute Gasteiger partial charge is 0.472 e. The van der Waals surface area contributed by atoms with Crippen LogP contribution in [0, 0.1) is 0 Å². The first-order chi connectivity index (χ1) is 26.6. The standard InChI is InChI=1S/C42H80NO11P.Na/c1-3-5-7-9-11-13-15-17-19-21-23-25-27-32-41(47)51-36-38(37-53-55(49,50)52-35-34-43-39(44)30-29-31-40(45)46)54-42(48)33-28-26-24-22-20-18-16-14-12-10-8-6-4-2;/h38H,3-37H2,1-2H3,(H,43,44)(H,45,46)(H,49,50);/t38-;/m1./s1. The van der Waals surface area contributed by atoms with E-state index in [4.69, 9.17) is 23.6 Å². The molecule has 0 rings (SSSR count). The number of nitrogens with one attached hydrogen (secondary N) is 1. The van der Waals surface area contributed by atoms with Gasteiger partial charge in [0.1, 0.15) is 6.61 Å². The average molecular weight is 829 g/mol. The van der Waals surface area contributed by atoms with E-state index in [1.807, 2.05) is 0 Å². The Labute approximate surface area is 362 Å². The van der Waals surface area contributed by atoms with Crippen molar-refractivity contribution >= 4 is 61.2 Å². The van der Waals surface area contributed by atoms with Crippen molar-refractivity contribution in [1.82, 2.24) is 5.32 Å². The molecule has 1 unspecified atom stereocenters. The Morgan fingerprint density at radius 1 is 0.536 bits per heavy atom. The summed E-state index contributed by atoms with van der Waals surface area (Å²) in [6.45, 7) is 3.21. The van der Waals surface area contributed by atoms with Gasteiger partial charge in [0.2, 0.25) is 5.91 Å². The summed E-state index contributed by atoms with van der Waals surface area (Å²) in [6, 6.07) is 0. The minimum atomic E-state index is -4.59. The fourth-order valence-corrected chi connectivity index (χ4v) is 7.00. The second-order valence-electron chi connectivity index (χ2n) is 15.0. The Kier molecular flexibility index (Phi) is 42.9. The third kappa shape index (κ3) is 42.6. The molecule has 1 amide bonds. The molecule has 0 saturated carbocycles. The van der Waals surface area contributed by atoms with Crippen molar-refractivity contribution in [1.29, 1.82) is 0 Å². The molecule has 0 aliphatic carbocycles. The number of hydrogen-bond acceptors (Lipinski definition) is 9. The maximum absolute atomic E-state index is 12.7. The Morgan fingerprint density at radius 3 is 1.38 bits per heavy atom. The number of carboxylic acid groups (broad SMARTS) is 1. The van der Waals surface area contributed by atoms with Crippen molar-refractivity contribution in [3.8, 4) is 0 Å². The van der Waals surface area contributed by atoms with Crippen LogP contribution in [0.25, 0.3) is 0 Å². The molecule has 56 heavy (non-hydrogen) atoms. The number of amides is 1. The average Bonchev–Trinajstić information content (AvgIpc) is 3.15. The number of carbonyl (C=O) groups is 4. The van der Waals surface area contributed by atoms with Gasteiger partial charge >= 0.3 is 25.7 Å². The predicted molar refractivity (Wildman–Crippen MR) is 223 cm³/mol. The van der Waals surface area contributed by atoms with Crippen LogP contribution in [0.3, 0.4) is 0 Å². The molecule has 3 N–H and O–H groups in total. The zero-order valence-electron chi connectivity index (χ0n) is 35.8. The molecular formula is C42H80NNaO11P. The summed E-state index contributed by atoms with van der Waals surface area (Å²) in [5.41, 5.74) is 0. The number of carboxylic acids is 1. The predicted octanol–water partition coefficient (Wildman–Crippen LogP) is 10.5. The van der Waals surface area contributed by atoms with Gasteiger partial charge in [-0.3, -0.25) is 28.2 Å². The molecule has 0 aromatic carbocycles. The van der Waals surface area contributed by atoms with E-state index in [0.29, 0.717) is 12.8 Å². The minimum Gasteiger partial charge on any atom is -0.481 e. The molecule has 0 saturated heterocycles. The van der Waals surface area contributed by atoms with Gasteiger partial charge in [0.15, 0.2) is 6.10 Å². The zero-order valence-corrected chi connectivity index (χ0v) is 38.7. The van der Waals surface area contributed by atoms with Gasteiger partial charge in [-0.1, -0.05) is 168 Å². The van der Waals surface area contributed by atoms with Gasteiger partial charge in [-0.05, 0) is 19.3 Å². The summed E-state index contributed by atoms with van der Waals surface area (Å²) in [6.07, 6.45) is 30.3. The number of hydrogen-bond donors (Lipinski definition) is 3. The molecule has 0 bridgehead atoms. The molecule has 2 atom stereocenters. The molecule has 14 heteroatoms. The number of carbonyl (C=O) groups excluding carboxylic acids is 3. The van der Waals surface area contributed by atoms with Crippen LogP contribution in [0.15, 0.2) is 0 Å². The second-order valence-corrected chi connectivity index (χ2v) is 16.4. The van der Waals surface area contributed by atoms with Crippen molar-refractivity contribution < 1.29 is 52.3 Å². The number of phosphoric acid groups is 1. The third-order valence-corrected chi connectivity index (χ3v) is 10.6. The van der Waals surface area contributed by atoms with Gasteiger partial charge in [0, 0.05) is 61.8 Å². The molecular weight excluding hydrogens is 748 g/mol. The van der Waals surface area contributed by atoms with Gasteiger partial charge in [-0.2, -0.15) is 0 Å². The van der Waals surface area contributed by atoms with E-state index in [9.17, 15) is 28.6 Å². The van der Waals surface area contributed by atoms with Gasteiger partial charge in [-0.15, -0.1) is 0 Å². The Balaban J connectivity index is 0. The van der Waals surface area contributed by atoms with Crippen LogP contribution in [0.5, 0.6) is 0 Å². The first-order valence-corrected chi connectivity index (χ1v) is 23.5. The molecule has 0 aromatic rings. The minimum absolute atomic E-state index is 0. The van der Waals surface area contributed by atoms with Gasteiger partial charge < -0.3 is 24.8 Å². The monoisotopic (exact) mass is 829 g/mol. The van der Waals surface area contributed by atoms with Crippen LogP contribution in [-0.4, -0.2) is 95.8 Å². The summed E-state index contributed by atoms with van der Waals surface area (Å²) in [4.78, 5) is 57.7. The molecule has 0 aliphatic heterocycles. The quantitative estimate of drug-likeness (QED) is 0.0231. The van der Waals surface area contributed by atoms with Crippen molar-refractivity contribution in [3.05, 3.63) is 0 Å². The van der Waals surface area contributed by atoms with E-state index in [-0.39, 0.29) is 81.4 Å². The topological polar surface area (TPSA) is 175 Å². The molecule has 325 valence electrons. The normalized spacial score (nSPS) is 12.7. The van der Waals surface area contributed by atoms with E-state index >= 15 is 0 Å². The summed E-state index contributed by atoms with van der Waals surface area (Å²) < 4.78 is 33.4. The van der Waals surface area contributed by atoms with Crippen LogP contribution < -0.4 is 5.32 Å². The zero-order chi connectivity index (χ0) is 40.7. The second kappa shape index (κ2) is 42.1.